The fourth-order valence-electron chi connectivity index (χ4n) is 5.64. The maximum Gasteiger partial charge on any atom is 0.329 e. The summed E-state index contributed by atoms with van der Waals surface area (Å²) in [4.78, 5) is 36.8. The summed E-state index contributed by atoms with van der Waals surface area (Å²) in [5.41, 5.74) is 2.85. The van der Waals surface area contributed by atoms with Crippen LogP contribution >= 0.6 is 0 Å². The van der Waals surface area contributed by atoms with Gasteiger partial charge in [0.25, 0.3) is 11.8 Å². The monoisotopic (exact) mass is 661 g/mol. The topological polar surface area (TPSA) is 129 Å². The number of nitriles is 1. The summed E-state index contributed by atoms with van der Waals surface area (Å²) in [6.07, 6.45) is 1.57. The van der Waals surface area contributed by atoms with Gasteiger partial charge in [-0.25, -0.2) is 18.7 Å². The van der Waals surface area contributed by atoms with Gasteiger partial charge in [0.15, 0.2) is 14.0 Å². The number of halogens is 2. The van der Waals surface area contributed by atoms with Crippen molar-refractivity contribution in [1.82, 2.24) is 24.6 Å². The van der Waals surface area contributed by atoms with Crippen LogP contribution in [-0.2, 0) is 21.7 Å². The first kappa shape index (κ1) is 34.2. The zero-order valence-electron chi connectivity index (χ0n) is 27.9. The van der Waals surface area contributed by atoms with Gasteiger partial charge in [-0.05, 0) is 41.9 Å². The second-order valence-corrected chi connectivity index (χ2v) is 18.9. The molecule has 1 fully saturated rings. The second kappa shape index (κ2) is 12.5. The van der Waals surface area contributed by atoms with Crippen LogP contribution in [0.15, 0.2) is 30.5 Å². The highest BCUT2D eigenvalue weighted by Gasteiger charge is 2.45. The van der Waals surface area contributed by atoms with Gasteiger partial charge >= 0.3 is 7.41 Å². The smallest absolute Gasteiger partial charge is 0.329 e. The van der Waals surface area contributed by atoms with Crippen LogP contribution in [0.5, 0.6) is 0 Å². The van der Waals surface area contributed by atoms with Crippen LogP contribution in [-0.4, -0.2) is 84.6 Å². The molecule has 0 spiro atoms. The van der Waals surface area contributed by atoms with Crippen molar-refractivity contribution >= 4 is 45.3 Å². The molecule has 1 amide bonds. The molecule has 47 heavy (non-hydrogen) atoms. The van der Waals surface area contributed by atoms with Gasteiger partial charge in [0, 0.05) is 75.1 Å². The maximum absolute atomic E-state index is 13.6. The summed E-state index contributed by atoms with van der Waals surface area (Å²) >= 11 is 0. The predicted molar refractivity (Wildman–Crippen MR) is 179 cm³/mol. The number of carbonyl (C=O) groups excluding carboxylic acids is 2. The molecule has 1 aromatic carbocycles. The van der Waals surface area contributed by atoms with Crippen LogP contribution in [0, 0.1) is 11.3 Å². The standard InChI is InChI=1S/C32H40BF2N8O3Si/c1-30(2,3)47(6,7)46-19-31(4)18-43(33-20-44)27-22(17-36)14-21(15-23(27)31)24-8-11-37-29(38-24)39-26-16-25(40-41(26)5)28(45)42-12-9-32(34,35)10-13-42/h8,11,14-16,20H,9-10,12-13,18-19H2,1-7H3,(H,37,38,39). The lowest BCUT2D eigenvalue weighted by Gasteiger charge is -2.39. The number of fused-ring (bicyclic) bond motifs is 1. The first-order chi connectivity index (χ1) is 22.0. The Kier molecular flexibility index (Phi) is 9.06. The van der Waals surface area contributed by atoms with Crippen molar-refractivity contribution in [2.45, 2.75) is 70.0 Å². The highest BCUT2D eigenvalue weighted by Crippen LogP contribution is 2.46. The van der Waals surface area contributed by atoms with Gasteiger partial charge in [-0.1, -0.05) is 27.7 Å². The molecule has 2 aromatic heterocycles. The number of benzene rings is 1. The average Bonchev–Trinajstić information content (AvgIpc) is 3.51. The number of hydrogen-bond acceptors (Lipinski definition) is 9. The maximum atomic E-state index is 13.6. The minimum Gasteiger partial charge on any atom is -0.416 e. The second-order valence-electron chi connectivity index (χ2n) is 14.1. The number of anilines is 3. The van der Waals surface area contributed by atoms with Gasteiger partial charge in [-0.3, -0.25) is 9.48 Å². The van der Waals surface area contributed by atoms with E-state index in [1.165, 1.54) is 17.0 Å². The summed E-state index contributed by atoms with van der Waals surface area (Å²) in [5.74, 6) is -2.49. The third kappa shape index (κ3) is 6.94. The number of nitrogens with zero attached hydrogens (tertiary/aromatic N) is 7. The van der Waals surface area contributed by atoms with Gasteiger partial charge in [-0.2, -0.15) is 10.4 Å². The Morgan fingerprint density at radius 2 is 1.94 bits per heavy atom. The van der Waals surface area contributed by atoms with Crippen LogP contribution in [0.4, 0.5) is 26.2 Å². The number of alkyl halides is 2. The number of hydrogen-bond donors (Lipinski definition) is 1. The van der Waals surface area contributed by atoms with Crippen molar-refractivity contribution in [2.75, 3.05) is 36.4 Å². The number of piperidine rings is 1. The fraction of sp³-hybridized carbons (Fsp3) is 0.500. The van der Waals surface area contributed by atoms with E-state index in [0.29, 0.717) is 41.5 Å². The largest absolute Gasteiger partial charge is 0.416 e. The normalized spacial score (nSPS) is 19.2. The fourth-order valence-corrected chi connectivity index (χ4v) is 6.75. The lowest BCUT2D eigenvalue weighted by Crippen LogP contribution is -2.46. The van der Waals surface area contributed by atoms with Crippen molar-refractivity contribution in [1.29, 1.82) is 5.26 Å². The van der Waals surface area contributed by atoms with Gasteiger partial charge in [0.1, 0.15) is 18.1 Å². The van der Waals surface area contributed by atoms with E-state index < -0.39 is 25.6 Å². The zero-order valence-corrected chi connectivity index (χ0v) is 28.9. The van der Waals surface area contributed by atoms with Crippen LogP contribution < -0.4 is 10.1 Å². The molecule has 1 N–H and O–H groups in total. The lowest BCUT2D eigenvalue weighted by molar-refractivity contribution is -0.0495. The molecule has 15 heteroatoms. The molecule has 1 atom stereocenters. The minimum atomic E-state index is -2.76. The van der Waals surface area contributed by atoms with Crippen molar-refractivity contribution in [3.8, 4) is 17.3 Å². The molecule has 5 rings (SSSR count). The van der Waals surface area contributed by atoms with E-state index in [2.05, 4.69) is 62.3 Å². The van der Waals surface area contributed by atoms with E-state index in [9.17, 15) is 23.6 Å². The quantitative estimate of drug-likeness (QED) is 0.241. The summed E-state index contributed by atoms with van der Waals surface area (Å²) in [7, 11) is 1.01. The van der Waals surface area contributed by atoms with Gasteiger partial charge in [-0.15, -0.1) is 0 Å². The van der Waals surface area contributed by atoms with Crippen molar-refractivity contribution < 1.29 is 22.8 Å². The molecule has 11 nitrogen and oxygen atoms in total. The number of rotatable bonds is 9. The number of aryl methyl sites for hydroxylation is 1. The van der Waals surface area contributed by atoms with Gasteiger partial charge in [0.05, 0.1) is 11.3 Å². The molecule has 0 bridgehead atoms. The van der Waals surface area contributed by atoms with E-state index >= 15 is 0 Å². The Bertz CT molecular complexity index is 1730. The van der Waals surface area contributed by atoms with Crippen LogP contribution in [0.3, 0.4) is 0 Å². The number of carbonyl (C=O) groups is 2. The summed E-state index contributed by atoms with van der Waals surface area (Å²) in [5, 5.41) is 17.6. The van der Waals surface area contributed by atoms with E-state index in [1.807, 2.05) is 10.9 Å². The molecule has 1 unspecified atom stereocenters. The molecule has 1 radical (unpaired) electrons. The third-order valence-corrected chi connectivity index (χ3v) is 14.0. The molecular weight excluding hydrogens is 621 g/mol. The highest BCUT2D eigenvalue weighted by molar-refractivity contribution is 6.74. The van der Waals surface area contributed by atoms with Crippen LogP contribution in [0.25, 0.3) is 11.3 Å². The Balaban J connectivity index is 1.43. The SMILES string of the molecule is Cn1nc(C(=O)N2CCC(F)(F)CC2)cc1Nc1nccc(-c2cc(C#N)c3c(c2)C(C)(CO[Si](C)(C)C(C)(C)C)CN3[B]C=O)n1. The lowest BCUT2D eigenvalue weighted by atomic mass is 9.83. The Hall–Kier alpha value is -4.16. The molecule has 4 heterocycles. The molecule has 2 aliphatic heterocycles. The molecule has 3 aromatic rings. The summed E-state index contributed by atoms with van der Waals surface area (Å²) < 4.78 is 35.3. The van der Waals surface area contributed by atoms with Crippen LogP contribution in [0.2, 0.25) is 18.1 Å². The highest BCUT2D eigenvalue weighted by atomic mass is 28.4. The molecule has 1 saturated heterocycles. The molecule has 0 aliphatic carbocycles. The van der Waals surface area contributed by atoms with Crippen LogP contribution in [0.1, 0.15) is 62.2 Å². The Morgan fingerprint density at radius 1 is 1.23 bits per heavy atom. The average molecular weight is 662 g/mol. The number of amides is 1. The molecule has 247 valence electrons. The molecule has 2 aliphatic rings. The summed E-state index contributed by atoms with van der Waals surface area (Å²) in [6, 6.07) is 9.34. The van der Waals surface area contributed by atoms with E-state index in [4.69, 9.17) is 9.41 Å². The van der Waals surface area contributed by atoms with Crippen molar-refractivity contribution in [3.63, 3.8) is 0 Å². The molecular formula is C32H40BF2N8O3Si. The van der Waals surface area contributed by atoms with Crippen molar-refractivity contribution in [3.05, 3.63) is 47.3 Å². The van der Waals surface area contributed by atoms with E-state index in [-0.39, 0.29) is 42.6 Å². The first-order valence-corrected chi connectivity index (χ1v) is 18.5. The Labute approximate surface area is 275 Å². The number of aromatic nitrogens is 4. The van der Waals surface area contributed by atoms with Crippen molar-refractivity contribution in [2.24, 2.45) is 7.05 Å². The zero-order chi connectivity index (χ0) is 34.4. The predicted octanol–water partition coefficient (Wildman–Crippen LogP) is 5.27. The van der Waals surface area contributed by atoms with Gasteiger partial charge < -0.3 is 24.2 Å². The van der Waals surface area contributed by atoms with E-state index in [1.54, 1.807) is 31.4 Å². The van der Waals surface area contributed by atoms with E-state index in [0.717, 1.165) is 11.7 Å². The third-order valence-electron chi connectivity index (χ3n) is 9.56. The Morgan fingerprint density at radius 3 is 2.57 bits per heavy atom. The number of likely N-dealkylation sites (tertiary alicyclic amines) is 1. The minimum absolute atomic E-state index is 0.0106. The number of nitrogens with one attached hydrogen (secondary N) is 1. The molecule has 0 saturated carbocycles. The van der Waals surface area contributed by atoms with Gasteiger partial charge in [0.2, 0.25) is 5.95 Å². The first-order valence-electron chi connectivity index (χ1n) is 15.6. The summed E-state index contributed by atoms with van der Waals surface area (Å²) in [6.45, 7) is 13.9.